The molecule has 0 fully saturated rings. The predicted octanol–water partition coefficient (Wildman–Crippen LogP) is 4.67. The Balaban J connectivity index is 2.03. The van der Waals surface area contributed by atoms with Crippen molar-refractivity contribution in [2.75, 3.05) is 7.05 Å². The lowest BCUT2D eigenvalue weighted by Crippen LogP contribution is -2.12. The molecule has 2 rings (SSSR count). The normalized spacial score (nSPS) is 12.4. The van der Waals surface area contributed by atoms with Gasteiger partial charge in [0, 0.05) is 6.04 Å². The van der Waals surface area contributed by atoms with Crippen LogP contribution in [0.1, 0.15) is 49.4 Å². The van der Waals surface area contributed by atoms with Crippen molar-refractivity contribution >= 4 is 0 Å². The zero-order valence-corrected chi connectivity index (χ0v) is 13.4. The molecule has 0 aliphatic carbocycles. The SMILES string of the molecule is CNC(C)c1ccc(COc2ccccc2C(C)C)cc1. The Kier molecular flexibility index (Phi) is 5.40. The molecule has 0 saturated carbocycles. The summed E-state index contributed by atoms with van der Waals surface area (Å²) in [5.41, 5.74) is 3.75. The zero-order valence-electron chi connectivity index (χ0n) is 13.4. The molecule has 0 spiro atoms. The molecule has 2 aromatic rings. The summed E-state index contributed by atoms with van der Waals surface area (Å²) in [5.74, 6) is 1.46. The van der Waals surface area contributed by atoms with Gasteiger partial charge in [-0.05, 0) is 42.6 Å². The van der Waals surface area contributed by atoms with E-state index in [0.717, 1.165) is 5.75 Å². The van der Waals surface area contributed by atoms with E-state index in [0.29, 0.717) is 18.6 Å². The second-order valence-corrected chi connectivity index (χ2v) is 5.73. The van der Waals surface area contributed by atoms with E-state index < -0.39 is 0 Å². The number of rotatable bonds is 6. The van der Waals surface area contributed by atoms with Gasteiger partial charge in [-0.1, -0.05) is 56.3 Å². The van der Waals surface area contributed by atoms with Crippen LogP contribution in [0.4, 0.5) is 0 Å². The van der Waals surface area contributed by atoms with Crippen LogP contribution in [-0.2, 0) is 6.61 Å². The molecule has 0 bridgehead atoms. The summed E-state index contributed by atoms with van der Waals surface area (Å²) in [5, 5.41) is 3.25. The predicted molar refractivity (Wildman–Crippen MR) is 88.8 cm³/mol. The Morgan fingerprint density at radius 2 is 1.62 bits per heavy atom. The summed E-state index contributed by atoms with van der Waals surface area (Å²) in [6.07, 6.45) is 0. The highest BCUT2D eigenvalue weighted by atomic mass is 16.5. The molecule has 0 amide bonds. The van der Waals surface area contributed by atoms with Crippen LogP contribution in [0.15, 0.2) is 48.5 Å². The monoisotopic (exact) mass is 283 g/mol. The maximum absolute atomic E-state index is 6.00. The third-order valence-corrected chi connectivity index (χ3v) is 3.85. The van der Waals surface area contributed by atoms with Crippen LogP contribution in [0.25, 0.3) is 0 Å². The Bertz CT molecular complexity index is 560. The Morgan fingerprint density at radius 1 is 0.952 bits per heavy atom. The summed E-state index contributed by atoms with van der Waals surface area (Å²) in [6, 6.07) is 17.3. The third-order valence-electron chi connectivity index (χ3n) is 3.85. The van der Waals surface area contributed by atoms with Crippen molar-refractivity contribution in [2.45, 2.75) is 39.3 Å². The van der Waals surface area contributed by atoms with Crippen LogP contribution in [-0.4, -0.2) is 7.05 Å². The lowest BCUT2D eigenvalue weighted by Gasteiger charge is -2.15. The number of ether oxygens (including phenoxy) is 1. The minimum absolute atomic E-state index is 0.377. The molecular formula is C19H25NO. The lowest BCUT2D eigenvalue weighted by molar-refractivity contribution is 0.302. The highest BCUT2D eigenvalue weighted by Crippen LogP contribution is 2.26. The van der Waals surface area contributed by atoms with E-state index in [1.54, 1.807) is 0 Å². The highest BCUT2D eigenvalue weighted by Gasteiger charge is 2.07. The zero-order chi connectivity index (χ0) is 15.2. The second-order valence-electron chi connectivity index (χ2n) is 5.73. The van der Waals surface area contributed by atoms with E-state index in [-0.39, 0.29) is 0 Å². The van der Waals surface area contributed by atoms with Crippen LogP contribution in [0.5, 0.6) is 5.75 Å². The van der Waals surface area contributed by atoms with Gasteiger partial charge in [0.05, 0.1) is 0 Å². The smallest absolute Gasteiger partial charge is 0.123 e. The third kappa shape index (κ3) is 4.08. The average Bonchev–Trinajstić information content (AvgIpc) is 2.52. The molecule has 0 saturated heterocycles. The fourth-order valence-electron chi connectivity index (χ4n) is 2.32. The maximum Gasteiger partial charge on any atom is 0.123 e. The quantitative estimate of drug-likeness (QED) is 0.832. The first kappa shape index (κ1) is 15.6. The van der Waals surface area contributed by atoms with Crippen molar-refractivity contribution in [1.82, 2.24) is 5.32 Å². The molecular weight excluding hydrogens is 258 g/mol. The van der Waals surface area contributed by atoms with E-state index >= 15 is 0 Å². The van der Waals surface area contributed by atoms with E-state index in [9.17, 15) is 0 Å². The Labute approximate surface area is 128 Å². The average molecular weight is 283 g/mol. The number of nitrogens with one attached hydrogen (secondary N) is 1. The lowest BCUT2D eigenvalue weighted by atomic mass is 10.0. The van der Waals surface area contributed by atoms with Gasteiger partial charge in [0.25, 0.3) is 0 Å². The van der Waals surface area contributed by atoms with E-state index in [2.05, 4.69) is 62.5 Å². The first-order chi connectivity index (χ1) is 10.1. The molecule has 0 aliphatic rings. The number of benzene rings is 2. The van der Waals surface area contributed by atoms with Crippen molar-refractivity contribution in [3.63, 3.8) is 0 Å². The van der Waals surface area contributed by atoms with Crippen LogP contribution >= 0.6 is 0 Å². The van der Waals surface area contributed by atoms with Gasteiger partial charge in [0.2, 0.25) is 0 Å². The molecule has 2 heteroatoms. The second kappa shape index (κ2) is 7.28. The van der Waals surface area contributed by atoms with Crippen LogP contribution in [0.2, 0.25) is 0 Å². The molecule has 1 unspecified atom stereocenters. The summed E-state index contributed by atoms with van der Waals surface area (Å²) < 4.78 is 6.00. The first-order valence-corrected chi connectivity index (χ1v) is 7.59. The summed E-state index contributed by atoms with van der Waals surface area (Å²) >= 11 is 0. The molecule has 1 atom stereocenters. The van der Waals surface area contributed by atoms with Gasteiger partial charge in [-0.2, -0.15) is 0 Å². The Hall–Kier alpha value is -1.80. The summed E-state index contributed by atoms with van der Waals surface area (Å²) in [4.78, 5) is 0. The molecule has 0 aliphatic heterocycles. The number of hydrogen-bond acceptors (Lipinski definition) is 2. The van der Waals surface area contributed by atoms with Gasteiger partial charge < -0.3 is 10.1 Å². The van der Waals surface area contributed by atoms with Crippen molar-refractivity contribution in [3.05, 3.63) is 65.2 Å². The first-order valence-electron chi connectivity index (χ1n) is 7.59. The standard InChI is InChI=1S/C19H25NO/c1-14(2)18-7-5-6-8-19(18)21-13-16-9-11-17(12-10-16)15(3)20-4/h5-12,14-15,20H,13H2,1-4H3. The number of hydrogen-bond donors (Lipinski definition) is 1. The van der Waals surface area contributed by atoms with Gasteiger partial charge >= 0.3 is 0 Å². The van der Waals surface area contributed by atoms with Gasteiger partial charge in [-0.3, -0.25) is 0 Å². The van der Waals surface area contributed by atoms with Crippen molar-refractivity contribution < 1.29 is 4.74 Å². The minimum Gasteiger partial charge on any atom is -0.489 e. The van der Waals surface area contributed by atoms with Gasteiger partial charge in [0.15, 0.2) is 0 Å². The molecule has 0 aromatic heterocycles. The van der Waals surface area contributed by atoms with E-state index in [1.165, 1.54) is 16.7 Å². The van der Waals surface area contributed by atoms with Crippen molar-refractivity contribution in [1.29, 1.82) is 0 Å². The topological polar surface area (TPSA) is 21.3 Å². The molecule has 21 heavy (non-hydrogen) atoms. The maximum atomic E-state index is 6.00. The molecule has 0 radical (unpaired) electrons. The van der Waals surface area contributed by atoms with E-state index in [1.807, 2.05) is 19.2 Å². The van der Waals surface area contributed by atoms with Crippen LogP contribution < -0.4 is 10.1 Å². The van der Waals surface area contributed by atoms with Crippen molar-refractivity contribution in [2.24, 2.45) is 0 Å². The van der Waals surface area contributed by atoms with Gasteiger partial charge in [-0.25, -0.2) is 0 Å². The molecule has 2 nitrogen and oxygen atoms in total. The summed E-state index contributed by atoms with van der Waals surface area (Å²) in [7, 11) is 1.98. The number of para-hydroxylation sites is 1. The fourth-order valence-corrected chi connectivity index (χ4v) is 2.32. The van der Waals surface area contributed by atoms with Crippen LogP contribution in [0.3, 0.4) is 0 Å². The molecule has 0 heterocycles. The largest absolute Gasteiger partial charge is 0.489 e. The minimum atomic E-state index is 0.377. The molecule has 112 valence electrons. The molecule has 2 aromatic carbocycles. The Morgan fingerprint density at radius 3 is 2.24 bits per heavy atom. The molecule has 1 N–H and O–H groups in total. The van der Waals surface area contributed by atoms with Crippen molar-refractivity contribution in [3.8, 4) is 5.75 Å². The van der Waals surface area contributed by atoms with Gasteiger partial charge in [-0.15, -0.1) is 0 Å². The summed E-state index contributed by atoms with van der Waals surface area (Å²) in [6.45, 7) is 7.15. The van der Waals surface area contributed by atoms with E-state index in [4.69, 9.17) is 4.74 Å². The highest BCUT2D eigenvalue weighted by molar-refractivity contribution is 5.36. The van der Waals surface area contributed by atoms with Crippen LogP contribution in [0, 0.1) is 0 Å². The fraction of sp³-hybridized carbons (Fsp3) is 0.368. The van der Waals surface area contributed by atoms with Gasteiger partial charge in [0.1, 0.15) is 12.4 Å².